The van der Waals surface area contributed by atoms with Gasteiger partial charge in [-0.2, -0.15) is 0 Å². The maximum atomic E-state index is 12.1. The van der Waals surface area contributed by atoms with Gasteiger partial charge in [-0.1, -0.05) is 5.16 Å². The number of hydrogen-bond acceptors (Lipinski definition) is 5. The van der Waals surface area contributed by atoms with Gasteiger partial charge in [-0.3, -0.25) is 9.69 Å². The van der Waals surface area contributed by atoms with Crippen LogP contribution in [-0.2, 0) is 0 Å². The number of carbonyl (C=O) groups excluding carboxylic acids is 1. The molecule has 0 aromatic carbocycles. The van der Waals surface area contributed by atoms with Gasteiger partial charge in [-0.05, 0) is 23.7 Å². The van der Waals surface area contributed by atoms with Crippen molar-refractivity contribution in [3.8, 4) is 0 Å². The third-order valence-corrected chi connectivity index (χ3v) is 3.16. The predicted octanol–water partition coefficient (Wildman–Crippen LogP) is 0.437. The molecule has 0 aliphatic carbocycles. The number of rotatable bonds is 3. The van der Waals surface area contributed by atoms with Crippen LogP contribution in [0.25, 0.3) is 0 Å². The number of halogens is 1. The first-order valence-corrected chi connectivity index (χ1v) is 6.21. The number of nitrogens with two attached hydrogens (primary N) is 1. The number of amides is 1. The fraction of sp³-hybridized carbons (Fsp3) is 0.455. The molecule has 1 fully saturated rings. The van der Waals surface area contributed by atoms with Crippen LogP contribution in [0.2, 0.25) is 5.22 Å². The van der Waals surface area contributed by atoms with E-state index in [1.54, 1.807) is 17.0 Å². The molecule has 19 heavy (non-hydrogen) atoms. The third kappa shape index (κ3) is 3.39. The first-order chi connectivity index (χ1) is 9.10. The molecule has 0 radical (unpaired) electrons. The van der Waals surface area contributed by atoms with Gasteiger partial charge < -0.3 is 20.3 Å². The van der Waals surface area contributed by atoms with Crippen LogP contribution < -0.4 is 5.73 Å². The van der Waals surface area contributed by atoms with Crippen molar-refractivity contribution in [3.05, 3.63) is 23.1 Å². The molecule has 104 valence electrons. The van der Waals surface area contributed by atoms with Gasteiger partial charge in [-0.25, -0.2) is 0 Å². The summed E-state index contributed by atoms with van der Waals surface area (Å²) in [5.74, 6) is 0.239. The van der Waals surface area contributed by atoms with Crippen molar-refractivity contribution in [1.29, 1.82) is 0 Å². The average molecular weight is 287 g/mol. The molecule has 1 aliphatic rings. The molecule has 1 saturated heterocycles. The van der Waals surface area contributed by atoms with E-state index >= 15 is 0 Å². The maximum Gasteiger partial charge on any atom is 0.289 e. The van der Waals surface area contributed by atoms with E-state index in [1.165, 1.54) is 0 Å². The molecular weight excluding hydrogens is 272 g/mol. The lowest BCUT2D eigenvalue weighted by molar-refractivity contribution is 0.0622. The molecule has 1 aromatic rings. The number of hydrogen-bond donors (Lipinski definition) is 2. The van der Waals surface area contributed by atoms with Crippen molar-refractivity contribution in [3.63, 3.8) is 0 Å². The Hall–Kier alpha value is -1.73. The third-order valence-electron chi connectivity index (χ3n) is 2.96. The molecule has 0 bridgehead atoms. The quantitative estimate of drug-likeness (QED) is 0.364. The number of furan rings is 1. The van der Waals surface area contributed by atoms with E-state index in [9.17, 15) is 4.79 Å². The van der Waals surface area contributed by atoms with Crippen LogP contribution in [0.4, 0.5) is 0 Å². The van der Waals surface area contributed by atoms with Gasteiger partial charge in [0.25, 0.3) is 5.91 Å². The highest BCUT2D eigenvalue weighted by Crippen LogP contribution is 2.16. The summed E-state index contributed by atoms with van der Waals surface area (Å²) in [6.45, 7) is 2.85. The summed E-state index contributed by atoms with van der Waals surface area (Å²) >= 11 is 5.64. The highest BCUT2D eigenvalue weighted by molar-refractivity contribution is 6.29. The van der Waals surface area contributed by atoms with Crippen LogP contribution in [0.5, 0.6) is 0 Å². The van der Waals surface area contributed by atoms with Gasteiger partial charge in [0.15, 0.2) is 16.8 Å². The van der Waals surface area contributed by atoms with Gasteiger partial charge >= 0.3 is 0 Å². The Morgan fingerprint density at radius 2 is 2.11 bits per heavy atom. The molecule has 7 nitrogen and oxygen atoms in total. The fourth-order valence-electron chi connectivity index (χ4n) is 1.95. The molecule has 0 unspecified atom stereocenters. The first-order valence-electron chi connectivity index (χ1n) is 5.83. The smallest absolute Gasteiger partial charge is 0.289 e. The van der Waals surface area contributed by atoms with Crippen LogP contribution in [0.15, 0.2) is 21.7 Å². The summed E-state index contributed by atoms with van der Waals surface area (Å²) in [4.78, 5) is 15.8. The Kier molecular flexibility index (Phi) is 4.28. The maximum absolute atomic E-state index is 12.1. The van der Waals surface area contributed by atoms with Gasteiger partial charge in [0.2, 0.25) is 0 Å². The minimum Gasteiger partial charge on any atom is -0.440 e. The van der Waals surface area contributed by atoms with Crippen molar-refractivity contribution in [2.45, 2.75) is 0 Å². The second kappa shape index (κ2) is 5.94. The zero-order valence-corrected chi connectivity index (χ0v) is 11.0. The van der Waals surface area contributed by atoms with Crippen molar-refractivity contribution < 1.29 is 14.4 Å². The molecule has 0 saturated carbocycles. The Morgan fingerprint density at radius 3 is 2.63 bits per heavy atom. The standard InChI is InChI=1S/C11H15ClN4O3/c12-9-2-1-8(19-9)11(17)16-5-3-15(4-6-16)7-10(13)14-18/h1-2,18H,3-7H2,(H2,13,14). The summed E-state index contributed by atoms with van der Waals surface area (Å²) < 4.78 is 5.10. The normalized spacial score (nSPS) is 17.7. The Labute approximate surface area is 115 Å². The van der Waals surface area contributed by atoms with E-state index in [0.717, 1.165) is 0 Å². The summed E-state index contributed by atoms with van der Waals surface area (Å²) in [6.07, 6.45) is 0. The second-order valence-electron chi connectivity index (χ2n) is 4.26. The minimum absolute atomic E-state index is 0.164. The summed E-state index contributed by atoms with van der Waals surface area (Å²) in [6, 6.07) is 3.11. The Balaban J connectivity index is 1.88. The zero-order chi connectivity index (χ0) is 13.8. The summed E-state index contributed by atoms with van der Waals surface area (Å²) in [5, 5.41) is 11.6. The molecule has 2 rings (SSSR count). The van der Waals surface area contributed by atoms with Crippen LogP contribution in [0.3, 0.4) is 0 Å². The van der Waals surface area contributed by atoms with Crippen molar-refractivity contribution in [1.82, 2.24) is 9.80 Å². The topological polar surface area (TPSA) is 95.3 Å². The highest BCUT2D eigenvalue weighted by Gasteiger charge is 2.24. The molecule has 0 spiro atoms. The molecule has 3 N–H and O–H groups in total. The van der Waals surface area contributed by atoms with E-state index in [4.69, 9.17) is 27.0 Å². The molecule has 1 amide bonds. The van der Waals surface area contributed by atoms with E-state index in [2.05, 4.69) is 5.16 Å². The zero-order valence-electron chi connectivity index (χ0n) is 10.3. The SMILES string of the molecule is N/C(CN1CCN(C(=O)c2ccc(Cl)o2)CC1)=N/O. The van der Waals surface area contributed by atoms with E-state index in [1.807, 2.05) is 4.90 Å². The largest absolute Gasteiger partial charge is 0.440 e. The van der Waals surface area contributed by atoms with E-state index < -0.39 is 0 Å². The molecule has 1 aliphatic heterocycles. The van der Waals surface area contributed by atoms with Crippen LogP contribution >= 0.6 is 11.6 Å². The lowest BCUT2D eigenvalue weighted by Gasteiger charge is -2.33. The van der Waals surface area contributed by atoms with E-state index in [-0.39, 0.29) is 22.7 Å². The van der Waals surface area contributed by atoms with Gasteiger partial charge in [0, 0.05) is 26.2 Å². The summed E-state index contributed by atoms with van der Waals surface area (Å²) in [5.41, 5.74) is 5.44. The number of piperazine rings is 1. The van der Waals surface area contributed by atoms with Gasteiger partial charge in [0.1, 0.15) is 0 Å². The average Bonchev–Trinajstić information content (AvgIpc) is 2.85. The molecule has 1 aromatic heterocycles. The molecule has 8 heteroatoms. The van der Waals surface area contributed by atoms with Crippen molar-refractivity contribution >= 4 is 23.3 Å². The van der Waals surface area contributed by atoms with Crippen molar-refractivity contribution in [2.75, 3.05) is 32.7 Å². The monoisotopic (exact) mass is 286 g/mol. The van der Waals surface area contributed by atoms with Crippen LogP contribution in [-0.4, -0.2) is 59.5 Å². The number of oxime groups is 1. The lowest BCUT2D eigenvalue weighted by atomic mass is 10.3. The molecule has 0 atom stereocenters. The number of nitrogens with zero attached hydrogens (tertiary/aromatic N) is 3. The summed E-state index contributed by atoms with van der Waals surface area (Å²) in [7, 11) is 0. The fourth-order valence-corrected chi connectivity index (χ4v) is 2.10. The van der Waals surface area contributed by atoms with Gasteiger partial charge in [0.05, 0.1) is 6.54 Å². The van der Waals surface area contributed by atoms with Crippen LogP contribution in [0.1, 0.15) is 10.6 Å². The minimum atomic E-state index is -0.171. The Morgan fingerprint density at radius 1 is 1.42 bits per heavy atom. The first kappa shape index (κ1) is 13.7. The second-order valence-corrected chi connectivity index (χ2v) is 4.64. The number of carbonyl (C=O) groups is 1. The highest BCUT2D eigenvalue weighted by atomic mass is 35.5. The molecular formula is C11H15ClN4O3. The Bertz CT molecular complexity index is 480. The molecule has 2 heterocycles. The predicted molar refractivity (Wildman–Crippen MR) is 69.5 cm³/mol. The number of amidine groups is 1. The van der Waals surface area contributed by atoms with Crippen LogP contribution in [0, 0.1) is 0 Å². The lowest BCUT2D eigenvalue weighted by Crippen LogP contribution is -2.50. The van der Waals surface area contributed by atoms with E-state index in [0.29, 0.717) is 32.7 Å². The van der Waals surface area contributed by atoms with Crippen molar-refractivity contribution in [2.24, 2.45) is 10.9 Å². The van der Waals surface area contributed by atoms with Gasteiger partial charge in [-0.15, -0.1) is 0 Å².